The SMILES string of the molecule is CC1CC(C)C(C)N(CC(O)c2ccc(C(C)C)cc2)C1. The molecule has 118 valence electrons. The Labute approximate surface area is 130 Å². The van der Waals surface area contributed by atoms with E-state index >= 15 is 0 Å². The van der Waals surface area contributed by atoms with Crippen molar-refractivity contribution in [2.75, 3.05) is 13.1 Å². The Hall–Kier alpha value is -0.860. The summed E-state index contributed by atoms with van der Waals surface area (Å²) in [5.74, 6) is 1.98. The van der Waals surface area contributed by atoms with Crippen molar-refractivity contribution in [3.63, 3.8) is 0 Å². The van der Waals surface area contributed by atoms with E-state index in [1.165, 1.54) is 12.0 Å². The smallest absolute Gasteiger partial charge is 0.0917 e. The molecule has 1 aliphatic heterocycles. The summed E-state index contributed by atoms with van der Waals surface area (Å²) < 4.78 is 0. The van der Waals surface area contributed by atoms with Crippen LogP contribution in [0.5, 0.6) is 0 Å². The van der Waals surface area contributed by atoms with Crippen LogP contribution in [0.3, 0.4) is 0 Å². The minimum Gasteiger partial charge on any atom is -0.387 e. The van der Waals surface area contributed by atoms with Crippen molar-refractivity contribution >= 4 is 0 Å². The van der Waals surface area contributed by atoms with Crippen molar-refractivity contribution in [3.05, 3.63) is 35.4 Å². The molecule has 0 amide bonds. The number of rotatable bonds is 4. The number of aliphatic hydroxyl groups excluding tert-OH is 1. The number of likely N-dealkylation sites (tertiary alicyclic amines) is 1. The average molecular weight is 289 g/mol. The molecule has 1 N–H and O–H groups in total. The molecule has 1 fully saturated rings. The van der Waals surface area contributed by atoms with Crippen molar-refractivity contribution < 1.29 is 5.11 Å². The zero-order chi connectivity index (χ0) is 15.6. The number of hydrogen-bond donors (Lipinski definition) is 1. The quantitative estimate of drug-likeness (QED) is 0.897. The molecule has 1 saturated heterocycles. The summed E-state index contributed by atoms with van der Waals surface area (Å²) in [4.78, 5) is 2.46. The van der Waals surface area contributed by atoms with Gasteiger partial charge in [0.2, 0.25) is 0 Å². The highest BCUT2D eigenvalue weighted by atomic mass is 16.3. The first-order valence-corrected chi connectivity index (χ1v) is 8.40. The third kappa shape index (κ3) is 4.08. The van der Waals surface area contributed by atoms with Crippen LogP contribution in [-0.2, 0) is 0 Å². The van der Waals surface area contributed by atoms with Gasteiger partial charge in [-0.2, -0.15) is 0 Å². The van der Waals surface area contributed by atoms with E-state index in [2.05, 4.69) is 63.8 Å². The van der Waals surface area contributed by atoms with Crippen LogP contribution in [0.1, 0.15) is 64.2 Å². The van der Waals surface area contributed by atoms with Crippen molar-refractivity contribution in [1.82, 2.24) is 4.90 Å². The second kappa shape index (κ2) is 6.93. The molecule has 0 saturated carbocycles. The molecule has 1 aliphatic rings. The number of aliphatic hydroxyl groups is 1. The molecular formula is C19H31NO. The van der Waals surface area contributed by atoms with Crippen LogP contribution in [0.25, 0.3) is 0 Å². The lowest BCUT2D eigenvalue weighted by molar-refractivity contribution is 0.0316. The number of hydrogen-bond acceptors (Lipinski definition) is 2. The Morgan fingerprint density at radius 1 is 1.10 bits per heavy atom. The normalized spacial score (nSPS) is 28.8. The molecule has 1 aromatic rings. The zero-order valence-electron chi connectivity index (χ0n) is 14.2. The molecule has 21 heavy (non-hydrogen) atoms. The summed E-state index contributed by atoms with van der Waals surface area (Å²) in [6.45, 7) is 13.2. The monoisotopic (exact) mass is 289 g/mol. The van der Waals surface area contributed by atoms with E-state index in [1.54, 1.807) is 0 Å². The van der Waals surface area contributed by atoms with E-state index < -0.39 is 0 Å². The van der Waals surface area contributed by atoms with Gasteiger partial charge in [0.25, 0.3) is 0 Å². The molecule has 0 bridgehead atoms. The van der Waals surface area contributed by atoms with Gasteiger partial charge in [-0.25, -0.2) is 0 Å². The Morgan fingerprint density at radius 2 is 1.67 bits per heavy atom. The molecule has 1 heterocycles. The Kier molecular flexibility index (Phi) is 5.45. The Morgan fingerprint density at radius 3 is 2.24 bits per heavy atom. The largest absolute Gasteiger partial charge is 0.387 e. The second-order valence-electron chi connectivity index (χ2n) is 7.35. The van der Waals surface area contributed by atoms with Crippen molar-refractivity contribution in [1.29, 1.82) is 0 Å². The lowest BCUT2D eigenvalue weighted by atomic mass is 9.85. The van der Waals surface area contributed by atoms with E-state index in [0.29, 0.717) is 17.9 Å². The molecule has 0 aliphatic carbocycles. The van der Waals surface area contributed by atoms with Crippen LogP contribution < -0.4 is 0 Å². The van der Waals surface area contributed by atoms with E-state index in [-0.39, 0.29) is 6.10 Å². The van der Waals surface area contributed by atoms with Gasteiger partial charge in [0.15, 0.2) is 0 Å². The first kappa shape index (κ1) is 16.5. The van der Waals surface area contributed by atoms with Crippen LogP contribution in [0.15, 0.2) is 24.3 Å². The fourth-order valence-electron chi connectivity index (χ4n) is 3.50. The average Bonchev–Trinajstić information content (AvgIpc) is 2.44. The first-order chi connectivity index (χ1) is 9.88. The summed E-state index contributed by atoms with van der Waals surface area (Å²) in [5, 5.41) is 10.6. The van der Waals surface area contributed by atoms with Gasteiger partial charge >= 0.3 is 0 Å². The topological polar surface area (TPSA) is 23.5 Å². The molecule has 2 nitrogen and oxygen atoms in total. The van der Waals surface area contributed by atoms with Crippen molar-refractivity contribution in [2.45, 2.75) is 59.1 Å². The molecule has 0 spiro atoms. The van der Waals surface area contributed by atoms with Gasteiger partial charge in [-0.1, -0.05) is 52.0 Å². The lowest BCUT2D eigenvalue weighted by Crippen LogP contribution is -2.47. The van der Waals surface area contributed by atoms with Crippen LogP contribution in [0.4, 0.5) is 0 Å². The highest BCUT2D eigenvalue weighted by Crippen LogP contribution is 2.29. The van der Waals surface area contributed by atoms with Gasteiger partial charge < -0.3 is 5.11 Å². The predicted molar refractivity (Wildman–Crippen MR) is 89.5 cm³/mol. The van der Waals surface area contributed by atoms with Gasteiger partial charge in [0.05, 0.1) is 6.10 Å². The predicted octanol–water partition coefficient (Wildman–Crippen LogP) is 4.21. The highest BCUT2D eigenvalue weighted by Gasteiger charge is 2.30. The third-order valence-corrected chi connectivity index (χ3v) is 5.12. The number of benzene rings is 1. The van der Waals surface area contributed by atoms with E-state index in [4.69, 9.17) is 0 Å². The summed E-state index contributed by atoms with van der Waals surface area (Å²) in [5.41, 5.74) is 2.37. The number of piperidine rings is 1. The zero-order valence-corrected chi connectivity index (χ0v) is 14.2. The molecule has 0 aromatic heterocycles. The second-order valence-corrected chi connectivity index (χ2v) is 7.35. The third-order valence-electron chi connectivity index (χ3n) is 5.12. The van der Waals surface area contributed by atoms with Crippen molar-refractivity contribution in [2.24, 2.45) is 11.8 Å². The van der Waals surface area contributed by atoms with Gasteiger partial charge in [0.1, 0.15) is 0 Å². The maximum absolute atomic E-state index is 10.6. The van der Waals surface area contributed by atoms with Crippen LogP contribution >= 0.6 is 0 Å². The summed E-state index contributed by atoms with van der Waals surface area (Å²) in [6.07, 6.45) is 0.919. The van der Waals surface area contributed by atoms with E-state index in [0.717, 1.165) is 24.6 Å². The van der Waals surface area contributed by atoms with E-state index in [1.807, 2.05) is 0 Å². The lowest BCUT2D eigenvalue weighted by Gasteiger charge is -2.42. The minimum absolute atomic E-state index is 0.383. The van der Waals surface area contributed by atoms with Gasteiger partial charge in [-0.15, -0.1) is 0 Å². The standard InChI is InChI=1S/C19H31NO/c1-13(2)17-6-8-18(9-7-17)19(21)12-20-11-14(3)10-15(4)16(20)5/h6-9,13-16,19,21H,10-12H2,1-5H3. The van der Waals surface area contributed by atoms with Crippen LogP contribution in [0.2, 0.25) is 0 Å². The number of β-amino-alcohol motifs (C(OH)–C–C–N with tert-alkyl or cyclic N) is 1. The Balaban J connectivity index is 2.01. The maximum Gasteiger partial charge on any atom is 0.0917 e. The molecule has 2 rings (SSSR count). The fraction of sp³-hybridized carbons (Fsp3) is 0.684. The summed E-state index contributed by atoms with van der Waals surface area (Å²) in [6, 6.07) is 9.02. The molecule has 1 aromatic carbocycles. The van der Waals surface area contributed by atoms with Gasteiger partial charge in [-0.3, -0.25) is 4.90 Å². The molecular weight excluding hydrogens is 258 g/mol. The summed E-state index contributed by atoms with van der Waals surface area (Å²) >= 11 is 0. The number of nitrogens with zero attached hydrogens (tertiary/aromatic N) is 1. The Bertz CT molecular complexity index is 439. The van der Waals surface area contributed by atoms with Gasteiger partial charge in [-0.05, 0) is 42.2 Å². The minimum atomic E-state index is -0.383. The molecule has 4 unspecified atom stereocenters. The van der Waals surface area contributed by atoms with Crippen molar-refractivity contribution in [3.8, 4) is 0 Å². The van der Waals surface area contributed by atoms with Gasteiger partial charge in [0, 0.05) is 19.1 Å². The highest BCUT2D eigenvalue weighted by molar-refractivity contribution is 5.26. The summed E-state index contributed by atoms with van der Waals surface area (Å²) in [7, 11) is 0. The maximum atomic E-state index is 10.6. The van der Waals surface area contributed by atoms with Crippen LogP contribution in [-0.4, -0.2) is 29.1 Å². The fourth-order valence-corrected chi connectivity index (χ4v) is 3.50. The first-order valence-electron chi connectivity index (χ1n) is 8.40. The van der Waals surface area contributed by atoms with E-state index in [9.17, 15) is 5.11 Å². The molecule has 0 radical (unpaired) electrons. The molecule has 2 heteroatoms. The molecule has 4 atom stereocenters. The van der Waals surface area contributed by atoms with Crippen LogP contribution in [0, 0.1) is 11.8 Å².